The highest BCUT2D eigenvalue weighted by atomic mass is 35.5. The molecule has 0 unspecified atom stereocenters. The first-order valence-electron chi connectivity index (χ1n) is 12.6. The molecule has 1 saturated heterocycles. The largest absolute Gasteiger partial charge is 0.506 e. The zero-order valence-electron chi connectivity index (χ0n) is 22.1. The minimum atomic E-state index is -0.561. The first-order chi connectivity index (χ1) is 18.5. The van der Waals surface area contributed by atoms with Crippen LogP contribution in [0.15, 0.2) is 59.7 Å². The maximum Gasteiger partial charge on any atom is 0.410 e. The van der Waals surface area contributed by atoms with E-state index in [0.29, 0.717) is 26.2 Å². The highest BCUT2D eigenvalue weighted by Gasteiger charge is 2.27. The van der Waals surface area contributed by atoms with Gasteiger partial charge >= 0.3 is 6.09 Å². The van der Waals surface area contributed by atoms with Crippen molar-refractivity contribution < 1.29 is 24.2 Å². The van der Waals surface area contributed by atoms with Gasteiger partial charge in [0.05, 0.1) is 17.7 Å². The van der Waals surface area contributed by atoms with Crippen LogP contribution < -0.4 is 5.43 Å². The highest BCUT2D eigenvalue weighted by Crippen LogP contribution is 2.25. The van der Waals surface area contributed by atoms with E-state index in [1.165, 1.54) is 18.2 Å². The van der Waals surface area contributed by atoms with Crippen molar-refractivity contribution in [3.63, 3.8) is 0 Å². The molecule has 0 radical (unpaired) electrons. The summed E-state index contributed by atoms with van der Waals surface area (Å²) in [5.74, 6) is -0.582. The number of amides is 3. The number of ether oxygens (including phenoxy) is 1. The van der Waals surface area contributed by atoms with E-state index < -0.39 is 11.5 Å². The number of phenols is 1. The summed E-state index contributed by atoms with van der Waals surface area (Å²) < 4.78 is 5.44. The molecule has 3 aromatic carbocycles. The molecule has 204 valence electrons. The molecule has 1 fully saturated rings. The summed E-state index contributed by atoms with van der Waals surface area (Å²) in [5, 5.41) is 15.5. The quantitative estimate of drug-likeness (QED) is 0.357. The molecule has 1 aliphatic heterocycles. The number of aromatic hydroxyl groups is 1. The molecule has 4 rings (SSSR count). The first kappa shape index (κ1) is 27.9. The number of piperazine rings is 1. The van der Waals surface area contributed by atoms with Gasteiger partial charge in [-0.1, -0.05) is 48.0 Å². The van der Waals surface area contributed by atoms with E-state index in [2.05, 4.69) is 10.5 Å². The molecule has 3 amide bonds. The fourth-order valence-electron chi connectivity index (χ4n) is 4.26. The van der Waals surface area contributed by atoms with Crippen molar-refractivity contribution in [1.82, 2.24) is 15.2 Å². The molecule has 1 heterocycles. The van der Waals surface area contributed by atoms with Gasteiger partial charge in [-0.2, -0.15) is 5.10 Å². The molecule has 0 atom stereocenters. The zero-order chi connectivity index (χ0) is 28.2. The molecule has 2 N–H and O–H groups in total. The van der Waals surface area contributed by atoms with Crippen LogP contribution in [0.25, 0.3) is 10.8 Å². The lowest BCUT2D eigenvalue weighted by Crippen LogP contribution is -2.52. The second-order valence-electron chi connectivity index (χ2n) is 10.2. The SMILES string of the molecule is CC(C)(C)OC(=O)N1CCN(C(=O)Cc2ccc(C=NNC(=O)c3ccc(O)c(Cl)c3)c3ccccc23)CC1. The van der Waals surface area contributed by atoms with Gasteiger partial charge in [0.15, 0.2) is 0 Å². The van der Waals surface area contributed by atoms with Crippen LogP contribution >= 0.6 is 11.6 Å². The average molecular weight is 551 g/mol. The van der Waals surface area contributed by atoms with Gasteiger partial charge < -0.3 is 19.6 Å². The lowest BCUT2D eigenvalue weighted by atomic mass is 9.97. The summed E-state index contributed by atoms with van der Waals surface area (Å²) >= 11 is 5.88. The zero-order valence-corrected chi connectivity index (χ0v) is 22.9. The monoisotopic (exact) mass is 550 g/mol. The van der Waals surface area contributed by atoms with Gasteiger partial charge in [0.2, 0.25) is 5.91 Å². The average Bonchev–Trinajstić information content (AvgIpc) is 2.90. The normalized spacial score (nSPS) is 14.1. The van der Waals surface area contributed by atoms with Crippen molar-refractivity contribution in [2.45, 2.75) is 32.8 Å². The van der Waals surface area contributed by atoms with Crippen LogP contribution in [0.3, 0.4) is 0 Å². The van der Waals surface area contributed by atoms with E-state index in [9.17, 15) is 19.5 Å². The highest BCUT2D eigenvalue weighted by molar-refractivity contribution is 6.32. The number of benzene rings is 3. The summed E-state index contributed by atoms with van der Waals surface area (Å²) in [5.41, 5.74) is 3.82. The van der Waals surface area contributed by atoms with Crippen LogP contribution in [0.4, 0.5) is 4.79 Å². The third-order valence-electron chi connectivity index (χ3n) is 6.25. The second-order valence-corrected chi connectivity index (χ2v) is 10.7. The maximum atomic E-state index is 13.1. The molecule has 3 aromatic rings. The van der Waals surface area contributed by atoms with Crippen LogP contribution in [0, 0.1) is 0 Å². The molecule has 0 saturated carbocycles. The van der Waals surface area contributed by atoms with Crippen molar-refractivity contribution in [3.05, 3.63) is 76.3 Å². The summed E-state index contributed by atoms with van der Waals surface area (Å²) in [6, 6.07) is 15.6. The first-order valence-corrected chi connectivity index (χ1v) is 13.0. The Bertz CT molecular complexity index is 1420. The standard InChI is InChI=1S/C29H31ClN4O5/c1-29(2,3)39-28(38)34-14-12-33(13-15-34)26(36)17-19-8-9-21(23-7-5-4-6-22(19)23)18-31-32-27(37)20-10-11-25(35)24(30)16-20/h4-11,16,18,35H,12-15,17H2,1-3H3,(H,32,37). The van der Waals surface area contributed by atoms with E-state index >= 15 is 0 Å². The van der Waals surface area contributed by atoms with E-state index in [1.807, 2.05) is 57.2 Å². The van der Waals surface area contributed by atoms with Crippen LogP contribution in [0.1, 0.15) is 42.3 Å². The molecule has 0 aromatic heterocycles. The predicted molar refractivity (Wildman–Crippen MR) is 150 cm³/mol. The molecule has 0 spiro atoms. The molecule has 0 bridgehead atoms. The number of nitrogens with zero attached hydrogens (tertiary/aromatic N) is 3. The number of nitrogens with one attached hydrogen (secondary N) is 1. The molecule has 1 aliphatic rings. The van der Waals surface area contributed by atoms with Gasteiger partial charge in [0, 0.05) is 37.3 Å². The van der Waals surface area contributed by atoms with Crippen molar-refractivity contribution in [3.8, 4) is 5.75 Å². The van der Waals surface area contributed by atoms with Gasteiger partial charge in [-0.3, -0.25) is 9.59 Å². The molecule has 9 nitrogen and oxygen atoms in total. The second kappa shape index (κ2) is 11.7. The van der Waals surface area contributed by atoms with Crippen molar-refractivity contribution in [1.29, 1.82) is 0 Å². The number of carbonyl (C=O) groups is 3. The summed E-state index contributed by atoms with van der Waals surface area (Å²) in [7, 11) is 0. The lowest BCUT2D eigenvalue weighted by Gasteiger charge is -2.35. The Balaban J connectivity index is 1.41. The molecular weight excluding hydrogens is 520 g/mol. The van der Waals surface area contributed by atoms with Crippen molar-refractivity contribution in [2.75, 3.05) is 26.2 Å². The molecular formula is C29H31ClN4O5. The van der Waals surface area contributed by atoms with Gasteiger partial charge in [0.25, 0.3) is 5.91 Å². The maximum absolute atomic E-state index is 13.1. The van der Waals surface area contributed by atoms with E-state index in [-0.39, 0.29) is 34.8 Å². The Morgan fingerprint density at radius 2 is 1.67 bits per heavy atom. The minimum Gasteiger partial charge on any atom is -0.506 e. The Hall–Kier alpha value is -4.11. The fraction of sp³-hybridized carbons (Fsp3) is 0.310. The van der Waals surface area contributed by atoms with E-state index in [4.69, 9.17) is 16.3 Å². The van der Waals surface area contributed by atoms with Crippen LogP contribution in [0.5, 0.6) is 5.75 Å². The Morgan fingerprint density at radius 3 is 2.33 bits per heavy atom. The van der Waals surface area contributed by atoms with Crippen LogP contribution in [0.2, 0.25) is 5.02 Å². The Labute approximate surface area is 232 Å². The van der Waals surface area contributed by atoms with Gasteiger partial charge in [-0.05, 0) is 55.3 Å². The van der Waals surface area contributed by atoms with E-state index in [1.54, 1.807) is 16.0 Å². The molecule has 10 heteroatoms. The van der Waals surface area contributed by atoms with Gasteiger partial charge in [0.1, 0.15) is 11.4 Å². The topological polar surface area (TPSA) is 112 Å². The lowest BCUT2D eigenvalue weighted by molar-refractivity contribution is -0.132. The minimum absolute atomic E-state index is 0.00905. The number of hydrogen-bond donors (Lipinski definition) is 2. The number of rotatable bonds is 5. The third-order valence-corrected chi connectivity index (χ3v) is 6.56. The Kier molecular flexibility index (Phi) is 8.40. The van der Waals surface area contributed by atoms with Crippen LogP contribution in [-0.4, -0.2) is 70.8 Å². The molecule has 0 aliphatic carbocycles. The van der Waals surface area contributed by atoms with Crippen LogP contribution in [-0.2, 0) is 16.0 Å². The smallest absolute Gasteiger partial charge is 0.410 e. The van der Waals surface area contributed by atoms with Gasteiger partial charge in [-0.25, -0.2) is 10.2 Å². The summed E-state index contributed by atoms with van der Waals surface area (Å²) in [6.45, 7) is 7.25. The fourth-order valence-corrected chi connectivity index (χ4v) is 4.44. The van der Waals surface area contributed by atoms with Crippen molar-refractivity contribution in [2.24, 2.45) is 5.10 Å². The summed E-state index contributed by atoms with van der Waals surface area (Å²) in [4.78, 5) is 41.2. The molecule has 39 heavy (non-hydrogen) atoms. The number of hydrogen-bond acceptors (Lipinski definition) is 6. The number of halogens is 1. The summed E-state index contributed by atoms with van der Waals surface area (Å²) in [6.07, 6.45) is 1.41. The van der Waals surface area contributed by atoms with E-state index in [0.717, 1.165) is 21.9 Å². The Morgan fingerprint density at radius 1 is 1.00 bits per heavy atom. The number of hydrazone groups is 1. The number of carbonyl (C=O) groups excluding carboxylic acids is 3. The van der Waals surface area contributed by atoms with Gasteiger partial charge in [-0.15, -0.1) is 0 Å². The van der Waals surface area contributed by atoms with Crippen molar-refractivity contribution >= 4 is 46.5 Å². The number of fused-ring (bicyclic) bond motifs is 1. The predicted octanol–water partition coefficient (Wildman–Crippen LogP) is 4.58. The number of phenolic OH excluding ortho intramolecular Hbond substituents is 1. The third kappa shape index (κ3) is 7.06.